The van der Waals surface area contributed by atoms with Gasteiger partial charge in [0.05, 0.1) is 11.1 Å². The van der Waals surface area contributed by atoms with E-state index < -0.39 is 6.36 Å². The molecule has 0 aliphatic heterocycles. The number of benzene rings is 1. The van der Waals surface area contributed by atoms with Gasteiger partial charge in [-0.3, -0.25) is 0 Å². The normalized spacial score (nSPS) is 12.3. The van der Waals surface area contributed by atoms with Gasteiger partial charge in [-0.15, -0.1) is 13.2 Å². The zero-order chi connectivity index (χ0) is 16.1. The van der Waals surface area contributed by atoms with Crippen LogP contribution in [0.2, 0.25) is 0 Å². The lowest BCUT2D eigenvalue weighted by molar-refractivity contribution is -0.274. The maximum atomic E-state index is 12.2. The summed E-state index contributed by atoms with van der Waals surface area (Å²) < 4.78 is 46.4. The molecular formula is C14H17Br2F3O2. The molecule has 1 aromatic carbocycles. The molecule has 0 N–H and O–H groups in total. The Bertz CT molecular complexity index is 452. The standard InChI is InChI=1S/C14H17Br2F3O2/c1-3-13(4-2,8-15)9-20-10-5-6-12(11(16)7-10)21-14(17,18)19/h5-7H,3-4,8-9H2,1-2H3. The van der Waals surface area contributed by atoms with Gasteiger partial charge in [0.15, 0.2) is 0 Å². The van der Waals surface area contributed by atoms with Gasteiger partial charge in [-0.1, -0.05) is 29.8 Å². The van der Waals surface area contributed by atoms with Gasteiger partial charge in [-0.2, -0.15) is 0 Å². The molecule has 120 valence electrons. The Morgan fingerprint density at radius 2 is 1.76 bits per heavy atom. The summed E-state index contributed by atoms with van der Waals surface area (Å²) in [7, 11) is 0. The van der Waals surface area contributed by atoms with Crippen LogP contribution in [0.4, 0.5) is 13.2 Å². The molecule has 0 saturated carbocycles. The topological polar surface area (TPSA) is 18.5 Å². The molecule has 7 heteroatoms. The Morgan fingerprint density at radius 1 is 1.14 bits per heavy atom. The second-order valence-electron chi connectivity index (χ2n) is 4.77. The van der Waals surface area contributed by atoms with Crippen LogP contribution >= 0.6 is 31.9 Å². The first-order chi connectivity index (χ1) is 9.75. The van der Waals surface area contributed by atoms with Crippen molar-refractivity contribution < 1.29 is 22.6 Å². The molecule has 0 aliphatic carbocycles. The summed E-state index contributed by atoms with van der Waals surface area (Å²) in [6.07, 6.45) is -2.81. The molecule has 1 aromatic rings. The second-order valence-corrected chi connectivity index (χ2v) is 6.18. The average Bonchev–Trinajstić information content (AvgIpc) is 2.42. The highest BCUT2D eigenvalue weighted by Crippen LogP contribution is 2.35. The van der Waals surface area contributed by atoms with Crippen molar-refractivity contribution >= 4 is 31.9 Å². The summed E-state index contributed by atoms with van der Waals surface area (Å²) in [6.45, 7) is 4.67. The smallest absolute Gasteiger partial charge is 0.493 e. The van der Waals surface area contributed by atoms with E-state index in [9.17, 15) is 13.2 Å². The second kappa shape index (κ2) is 7.72. The molecule has 0 atom stereocenters. The first-order valence-corrected chi connectivity index (χ1v) is 8.41. The third kappa shape index (κ3) is 5.70. The van der Waals surface area contributed by atoms with Gasteiger partial charge in [-0.05, 0) is 47.0 Å². The fraction of sp³-hybridized carbons (Fsp3) is 0.571. The molecular weight excluding hydrogens is 417 g/mol. The molecule has 0 fully saturated rings. The summed E-state index contributed by atoms with van der Waals surface area (Å²) in [5, 5.41) is 0.809. The van der Waals surface area contributed by atoms with E-state index in [2.05, 4.69) is 50.4 Å². The van der Waals surface area contributed by atoms with E-state index in [-0.39, 0.29) is 15.6 Å². The van der Waals surface area contributed by atoms with Crippen molar-refractivity contribution in [2.45, 2.75) is 33.1 Å². The van der Waals surface area contributed by atoms with E-state index in [1.807, 2.05) is 0 Å². The van der Waals surface area contributed by atoms with Crippen LogP contribution in [0.15, 0.2) is 22.7 Å². The van der Waals surface area contributed by atoms with E-state index in [1.54, 1.807) is 0 Å². The number of ether oxygens (including phenoxy) is 2. The average molecular weight is 434 g/mol. The highest BCUT2D eigenvalue weighted by Gasteiger charge is 2.32. The lowest BCUT2D eigenvalue weighted by Gasteiger charge is -2.29. The van der Waals surface area contributed by atoms with Crippen molar-refractivity contribution in [1.82, 2.24) is 0 Å². The van der Waals surface area contributed by atoms with Crippen LogP contribution in [0.25, 0.3) is 0 Å². The van der Waals surface area contributed by atoms with Crippen molar-refractivity contribution in [2.24, 2.45) is 5.41 Å². The fourth-order valence-electron chi connectivity index (χ4n) is 1.70. The van der Waals surface area contributed by atoms with Crippen molar-refractivity contribution in [3.8, 4) is 11.5 Å². The maximum absolute atomic E-state index is 12.2. The Hall–Kier alpha value is -0.430. The van der Waals surface area contributed by atoms with Crippen LogP contribution in [0.1, 0.15) is 26.7 Å². The Kier molecular flexibility index (Phi) is 6.84. The molecule has 0 heterocycles. The van der Waals surface area contributed by atoms with Crippen LogP contribution in [-0.4, -0.2) is 18.3 Å². The van der Waals surface area contributed by atoms with Crippen LogP contribution in [-0.2, 0) is 0 Å². The molecule has 1 rings (SSSR count). The third-order valence-corrected chi connectivity index (χ3v) is 5.27. The summed E-state index contributed by atoms with van der Waals surface area (Å²) in [5.74, 6) is 0.219. The zero-order valence-electron chi connectivity index (χ0n) is 11.8. The monoisotopic (exact) mass is 432 g/mol. The predicted molar refractivity (Wildman–Crippen MR) is 83.1 cm³/mol. The summed E-state index contributed by atoms with van der Waals surface area (Å²) in [5.41, 5.74) is 0.0214. The number of hydrogen-bond donors (Lipinski definition) is 0. The molecule has 2 nitrogen and oxygen atoms in total. The molecule has 0 amide bonds. The summed E-state index contributed by atoms with van der Waals surface area (Å²) in [6, 6.07) is 4.18. The largest absolute Gasteiger partial charge is 0.573 e. The minimum absolute atomic E-state index is 0.0214. The highest BCUT2D eigenvalue weighted by molar-refractivity contribution is 9.10. The van der Waals surface area contributed by atoms with E-state index in [0.29, 0.717) is 12.4 Å². The Labute approximate surface area is 139 Å². The number of rotatable bonds is 7. The lowest BCUT2D eigenvalue weighted by Crippen LogP contribution is -2.29. The maximum Gasteiger partial charge on any atom is 0.573 e. The number of alkyl halides is 4. The first-order valence-electron chi connectivity index (χ1n) is 6.49. The van der Waals surface area contributed by atoms with Gasteiger partial charge < -0.3 is 9.47 Å². The fourth-order valence-corrected chi connectivity index (χ4v) is 3.09. The van der Waals surface area contributed by atoms with Crippen molar-refractivity contribution in [3.63, 3.8) is 0 Å². The summed E-state index contributed by atoms with van der Waals surface area (Å²) in [4.78, 5) is 0. The molecule has 0 aliphatic rings. The van der Waals surface area contributed by atoms with Gasteiger partial charge in [0.25, 0.3) is 0 Å². The highest BCUT2D eigenvalue weighted by atomic mass is 79.9. The molecule has 0 saturated heterocycles. The molecule has 0 unspecified atom stereocenters. The SMILES string of the molecule is CCC(CC)(CBr)COc1ccc(OC(F)(F)F)c(Br)c1. The van der Waals surface area contributed by atoms with Crippen molar-refractivity contribution in [3.05, 3.63) is 22.7 Å². The van der Waals surface area contributed by atoms with E-state index >= 15 is 0 Å². The van der Waals surface area contributed by atoms with Gasteiger partial charge in [0.2, 0.25) is 0 Å². The molecule has 0 bridgehead atoms. The van der Waals surface area contributed by atoms with Gasteiger partial charge in [-0.25, -0.2) is 0 Å². The van der Waals surface area contributed by atoms with Crippen LogP contribution in [0.3, 0.4) is 0 Å². The van der Waals surface area contributed by atoms with Crippen molar-refractivity contribution in [2.75, 3.05) is 11.9 Å². The third-order valence-electron chi connectivity index (χ3n) is 3.46. The Balaban J connectivity index is 2.76. The quantitative estimate of drug-likeness (QED) is 0.496. The Morgan fingerprint density at radius 3 is 2.19 bits per heavy atom. The van der Waals surface area contributed by atoms with Gasteiger partial charge in [0, 0.05) is 10.7 Å². The van der Waals surface area contributed by atoms with E-state index in [0.717, 1.165) is 18.2 Å². The van der Waals surface area contributed by atoms with Crippen molar-refractivity contribution in [1.29, 1.82) is 0 Å². The zero-order valence-corrected chi connectivity index (χ0v) is 14.9. The van der Waals surface area contributed by atoms with Crippen LogP contribution in [0.5, 0.6) is 11.5 Å². The first kappa shape index (κ1) is 18.6. The number of halogens is 5. The van der Waals surface area contributed by atoms with E-state index in [1.165, 1.54) is 18.2 Å². The van der Waals surface area contributed by atoms with Crippen LogP contribution < -0.4 is 9.47 Å². The van der Waals surface area contributed by atoms with Gasteiger partial charge in [0.1, 0.15) is 11.5 Å². The minimum Gasteiger partial charge on any atom is -0.493 e. The van der Waals surface area contributed by atoms with Gasteiger partial charge >= 0.3 is 6.36 Å². The predicted octanol–water partition coefficient (Wildman–Crippen LogP) is 5.93. The summed E-state index contributed by atoms with van der Waals surface area (Å²) >= 11 is 6.55. The molecule has 0 radical (unpaired) electrons. The molecule has 21 heavy (non-hydrogen) atoms. The van der Waals surface area contributed by atoms with E-state index in [4.69, 9.17) is 4.74 Å². The minimum atomic E-state index is -4.71. The molecule has 0 spiro atoms. The molecule has 0 aromatic heterocycles. The lowest BCUT2D eigenvalue weighted by atomic mass is 9.86. The number of hydrogen-bond acceptors (Lipinski definition) is 2. The van der Waals surface area contributed by atoms with Crippen LogP contribution in [0, 0.1) is 5.41 Å².